The summed E-state index contributed by atoms with van der Waals surface area (Å²) in [5, 5.41) is 5.25. The molecule has 2 aromatic heterocycles. The van der Waals surface area contributed by atoms with Crippen molar-refractivity contribution in [2.45, 2.75) is 52.3 Å². The van der Waals surface area contributed by atoms with E-state index in [1.165, 1.54) is 18.2 Å². The molecule has 1 fully saturated rings. The first-order chi connectivity index (χ1) is 16.2. The topological polar surface area (TPSA) is 63.0 Å². The van der Waals surface area contributed by atoms with E-state index in [1.54, 1.807) is 9.42 Å². The average molecular weight is 486 g/mol. The maximum absolute atomic E-state index is 14.1. The van der Waals surface area contributed by atoms with E-state index in [4.69, 9.17) is 16.3 Å². The monoisotopic (exact) mass is 485 g/mol. The zero-order valence-electron chi connectivity index (χ0n) is 19.9. The molecule has 180 valence electrons. The minimum Gasteiger partial charge on any atom is -0.489 e. The van der Waals surface area contributed by atoms with Crippen molar-refractivity contribution in [3.63, 3.8) is 0 Å². The Morgan fingerprint density at radius 3 is 2.82 bits per heavy atom. The minimum atomic E-state index is -0.413. The Hall–Kier alpha value is -2.71. The molecule has 1 saturated carbocycles. The smallest absolute Gasteiger partial charge is 0.258 e. The maximum Gasteiger partial charge on any atom is 0.258 e. The van der Waals surface area contributed by atoms with Crippen LogP contribution in [-0.2, 0) is 13.1 Å². The maximum atomic E-state index is 14.1. The number of hydrogen-bond donors (Lipinski definition) is 0. The molecule has 1 aromatic carbocycles. The normalized spacial score (nSPS) is 19.9. The van der Waals surface area contributed by atoms with Crippen LogP contribution in [0.25, 0.3) is 5.65 Å². The molecule has 7 nitrogen and oxygen atoms in total. The summed E-state index contributed by atoms with van der Waals surface area (Å²) in [5.74, 6) is 0.251. The van der Waals surface area contributed by atoms with Gasteiger partial charge in [-0.15, -0.1) is 0 Å². The Labute approximate surface area is 203 Å². The largest absolute Gasteiger partial charge is 0.489 e. The molecule has 0 bridgehead atoms. The van der Waals surface area contributed by atoms with Gasteiger partial charge in [0.15, 0.2) is 5.65 Å². The fourth-order valence-corrected chi connectivity index (χ4v) is 5.32. The summed E-state index contributed by atoms with van der Waals surface area (Å²) < 4.78 is 22.1. The third-order valence-corrected chi connectivity index (χ3v) is 7.37. The van der Waals surface area contributed by atoms with Crippen molar-refractivity contribution < 1.29 is 13.9 Å². The molecule has 1 aliphatic carbocycles. The predicted molar refractivity (Wildman–Crippen MR) is 128 cm³/mol. The second-order valence-electron chi connectivity index (χ2n) is 9.74. The Morgan fingerprint density at radius 2 is 2.06 bits per heavy atom. The third-order valence-electron chi connectivity index (χ3n) is 6.83. The fraction of sp³-hybridized carbons (Fsp3) is 0.480. The van der Waals surface area contributed by atoms with E-state index in [0.29, 0.717) is 35.3 Å². The molecule has 1 aliphatic heterocycles. The predicted octanol–water partition coefficient (Wildman–Crippen LogP) is 4.40. The lowest BCUT2D eigenvalue weighted by molar-refractivity contribution is 0.0742. The summed E-state index contributed by atoms with van der Waals surface area (Å²) in [6, 6.07) is 4.16. The van der Waals surface area contributed by atoms with Gasteiger partial charge in [0.05, 0.1) is 46.9 Å². The quantitative estimate of drug-likeness (QED) is 0.536. The van der Waals surface area contributed by atoms with Gasteiger partial charge in [0.2, 0.25) is 0 Å². The van der Waals surface area contributed by atoms with Crippen LogP contribution in [0.4, 0.5) is 4.39 Å². The highest BCUT2D eigenvalue weighted by molar-refractivity contribution is 6.31. The van der Waals surface area contributed by atoms with E-state index in [9.17, 15) is 9.18 Å². The summed E-state index contributed by atoms with van der Waals surface area (Å²) in [5.41, 5.74) is 4.38. The molecule has 0 saturated heterocycles. The molecular weight excluding hydrogens is 457 g/mol. The molecule has 2 aliphatic rings. The zero-order valence-corrected chi connectivity index (χ0v) is 20.7. The van der Waals surface area contributed by atoms with Gasteiger partial charge in [0.1, 0.15) is 11.6 Å². The number of ether oxygens (including phenoxy) is 1. The highest BCUT2D eigenvalue weighted by atomic mass is 35.5. The van der Waals surface area contributed by atoms with Gasteiger partial charge in [0, 0.05) is 18.2 Å². The lowest BCUT2D eigenvalue weighted by Gasteiger charge is -2.21. The van der Waals surface area contributed by atoms with Crippen LogP contribution in [0.1, 0.15) is 52.3 Å². The van der Waals surface area contributed by atoms with Crippen molar-refractivity contribution in [1.82, 2.24) is 24.4 Å². The molecule has 3 heterocycles. The number of aromatic nitrogens is 3. The molecule has 2 atom stereocenters. The molecule has 9 heteroatoms. The van der Waals surface area contributed by atoms with Crippen molar-refractivity contribution in [1.29, 1.82) is 0 Å². The molecule has 34 heavy (non-hydrogen) atoms. The summed E-state index contributed by atoms with van der Waals surface area (Å²) in [4.78, 5) is 22.0. The van der Waals surface area contributed by atoms with Gasteiger partial charge >= 0.3 is 0 Å². The Bertz CT molecular complexity index is 1270. The van der Waals surface area contributed by atoms with Crippen LogP contribution < -0.4 is 4.74 Å². The number of carbonyl (C=O) groups is 1. The van der Waals surface area contributed by atoms with Crippen molar-refractivity contribution in [3.8, 4) is 5.75 Å². The van der Waals surface area contributed by atoms with Gasteiger partial charge in [-0.05, 0) is 65.3 Å². The Morgan fingerprint density at radius 1 is 1.26 bits per heavy atom. The minimum absolute atomic E-state index is 0.0156. The number of aryl methyl sites for hydroxylation is 2. The SMILES string of the molecule is Cc1nc2c3c(nn2c(C)c1Cl)CN(C(=O)c1ccc(F)cc1OC1CCC(CN(C)C)C1)C3. The zero-order chi connectivity index (χ0) is 24.1. The van der Waals surface area contributed by atoms with Crippen LogP contribution in [0, 0.1) is 25.6 Å². The molecule has 5 rings (SSSR count). The van der Waals surface area contributed by atoms with E-state index in [0.717, 1.165) is 54.1 Å². The number of fused-ring (bicyclic) bond motifs is 3. The number of halogens is 2. The van der Waals surface area contributed by atoms with E-state index >= 15 is 0 Å². The van der Waals surface area contributed by atoms with E-state index < -0.39 is 5.82 Å². The van der Waals surface area contributed by atoms with Crippen molar-refractivity contribution in [2.24, 2.45) is 5.92 Å². The standard InChI is InChI=1S/C25H29ClFN5O2/c1-14-23(26)15(2)32-24(28-14)20-12-31(13-21(20)29-32)25(33)19-8-6-17(27)10-22(19)34-18-7-5-16(9-18)11-30(3)4/h6,8,10,16,18H,5,7,9,11-13H2,1-4H3. The van der Waals surface area contributed by atoms with Gasteiger partial charge in [-0.25, -0.2) is 13.9 Å². The third kappa shape index (κ3) is 4.14. The van der Waals surface area contributed by atoms with E-state index in [2.05, 4.69) is 29.1 Å². The van der Waals surface area contributed by atoms with Crippen LogP contribution >= 0.6 is 11.6 Å². The van der Waals surface area contributed by atoms with Crippen LogP contribution in [0.3, 0.4) is 0 Å². The first kappa shape index (κ1) is 23.1. The summed E-state index contributed by atoms with van der Waals surface area (Å²) in [7, 11) is 4.13. The Kier molecular flexibility index (Phi) is 5.98. The lowest BCUT2D eigenvalue weighted by atomic mass is 10.1. The van der Waals surface area contributed by atoms with Crippen molar-refractivity contribution in [3.05, 3.63) is 57.2 Å². The van der Waals surface area contributed by atoms with Gasteiger partial charge in [-0.1, -0.05) is 11.6 Å². The van der Waals surface area contributed by atoms with Crippen molar-refractivity contribution in [2.75, 3.05) is 20.6 Å². The van der Waals surface area contributed by atoms with Crippen LogP contribution in [0.5, 0.6) is 5.75 Å². The second kappa shape index (κ2) is 8.82. The molecule has 0 spiro atoms. The number of rotatable bonds is 5. The number of hydrogen-bond acceptors (Lipinski definition) is 5. The van der Waals surface area contributed by atoms with Crippen molar-refractivity contribution >= 4 is 23.2 Å². The van der Waals surface area contributed by atoms with Gasteiger partial charge in [0.25, 0.3) is 5.91 Å². The van der Waals surface area contributed by atoms with Crippen LogP contribution in [0.2, 0.25) is 5.02 Å². The fourth-order valence-electron chi connectivity index (χ4n) is 5.20. The molecule has 3 aromatic rings. The van der Waals surface area contributed by atoms with E-state index in [1.807, 2.05) is 13.8 Å². The number of carbonyl (C=O) groups excluding carboxylic acids is 1. The average Bonchev–Trinajstić information content (AvgIpc) is 3.47. The molecule has 0 N–H and O–H groups in total. The first-order valence-corrected chi connectivity index (χ1v) is 12.0. The lowest BCUT2D eigenvalue weighted by Crippen LogP contribution is -2.27. The van der Waals surface area contributed by atoms with Crippen LogP contribution in [0.15, 0.2) is 18.2 Å². The Balaban J connectivity index is 1.37. The number of amides is 1. The summed E-state index contributed by atoms with van der Waals surface area (Å²) in [6.45, 7) is 5.51. The molecule has 2 unspecified atom stereocenters. The van der Waals surface area contributed by atoms with Crippen LogP contribution in [-0.4, -0.2) is 57.0 Å². The molecule has 1 amide bonds. The molecular formula is C25H29ClFN5O2. The number of benzene rings is 1. The summed E-state index contributed by atoms with van der Waals surface area (Å²) in [6.07, 6.45) is 2.86. The highest BCUT2D eigenvalue weighted by Crippen LogP contribution is 2.34. The second-order valence-corrected chi connectivity index (χ2v) is 10.1. The van der Waals surface area contributed by atoms with Gasteiger partial charge < -0.3 is 14.5 Å². The van der Waals surface area contributed by atoms with Gasteiger partial charge in [-0.2, -0.15) is 5.10 Å². The van der Waals surface area contributed by atoms with Gasteiger partial charge in [-0.3, -0.25) is 4.79 Å². The molecule has 0 radical (unpaired) electrons. The first-order valence-electron chi connectivity index (χ1n) is 11.6. The number of nitrogens with zero attached hydrogens (tertiary/aromatic N) is 5. The highest BCUT2D eigenvalue weighted by Gasteiger charge is 2.33. The summed E-state index contributed by atoms with van der Waals surface area (Å²) >= 11 is 6.34. The van der Waals surface area contributed by atoms with E-state index in [-0.39, 0.29) is 12.0 Å².